The maximum absolute atomic E-state index is 5.64. The highest BCUT2D eigenvalue weighted by Crippen LogP contribution is 2.37. The number of benzene rings is 1. The summed E-state index contributed by atoms with van der Waals surface area (Å²) in [4.78, 5) is 1.03. The first-order valence-electron chi connectivity index (χ1n) is 4.56. The molecule has 1 aromatic heterocycles. The highest BCUT2D eigenvalue weighted by atomic mass is 32.1. The molecule has 0 fully saturated rings. The highest BCUT2D eigenvalue weighted by molar-refractivity contribution is 7.80. The summed E-state index contributed by atoms with van der Waals surface area (Å²) in [6.45, 7) is 4.79. The number of aryl methyl sites for hydroxylation is 1. The molecule has 0 N–H and O–H groups in total. The zero-order valence-corrected chi connectivity index (χ0v) is 9.91. The minimum Gasteiger partial charge on any atom is -0.492 e. The van der Waals surface area contributed by atoms with Gasteiger partial charge in [0.05, 0.1) is 11.3 Å². The molecule has 1 heterocycles. The lowest BCUT2D eigenvalue weighted by Crippen LogP contribution is -1.93. The molecule has 3 heteroatoms. The zero-order valence-electron chi connectivity index (χ0n) is 8.20. The molecule has 74 valence electrons. The van der Waals surface area contributed by atoms with E-state index >= 15 is 0 Å². The van der Waals surface area contributed by atoms with Crippen molar-refractivity contribution in [1.29, 1.82) is 0 Å². The summed E-state index contributed by atoms with van der Waals surface area (Å²) in [5, 5.41) is 3.24. The third-order valence-electron chi connectivity index (χ3n) is 2.16. The molecule has 0 aliphatic carbocycles. The smallest absolute Gasteiger partial charge is 0.139 e. The number of ether oxygens (including phenoxy) is 1. The fourth-order valence-corrected chi connectivity index (χ4v) is 2.89. The molecule has 0 unspecified atom stereocenters. The Labute approximate surface area is 93.1 Å². The fraction of sp³-hybridized carbons (Fsp3) is 0.273. The lowest BCUT2D eigenvalue weighted by molar-refractivity contribution is 0.342. The van der Waals surface area contributed by atoms with Crippen LogP contribution in [-0.4, -0.2) is 6.61 Å². The maximum Gasteiger partial charge on any atom is 0.139 e. The number of hydrogen-bond acceptors (Lipinski definition) is 3. The Hall–Kier alpha value is -0.670. The monoisotopic (exact) mass is 224 g/mol. The van der Waals surface area contributed by atoms with Crippen LogP contribution in [0.1, 0.15) is 12.5 Å². The first kappa shape index (κ1) is 9.87. The van der Waals surface area contributed by atoms with Crippen molar-refractivity contribution < 1.29 is 4.74 Å². The molecule has 0 aliphatic rings. The van der Waals surface area contributed by atoms with Crippen LogP contribution in [0.2, 0.25) is 0 Å². The van der Waals surface area contributed by atoms with Crippen molar-refractivity contribution in [3.05, 3.63) is 23.1 Å². The second kappa shape index (κ2) is 3.83. The fourth-order valence-electron chi connectivity index (χ4n) is 1.48. The van der Waals surface area contributed by atoms with Gasteiger partial charge in [-0.25, -0.2) is 0 Å². The second-order valence-electron chi connectivity index (χ2n) is 3.14. The molecular weight excluding hydrogens is 212 g/mol. The van der Waals surface area contributed by atoms with Crippen LogP contribution >= 0.6 is 24.0 Å². The minimum absolute atomic E-state index is 0.708. The predicted molar refractivity (Wildman–Crippen MR) is 65.0 cm³/mol. The lowest BCUT2D eigenvalue weighted by atomic mass is 10.2. The van der Waals surface area contributed by atoms with E-state index in [2.05, 4.69) is 37.1 Å². The number of hydrogen-bond donors (Lipinski definition) is 1. The third kappa shape index (κ3) is 1.51. The topological polar surface area (TPSA) is 9.23 Å². The Balaban J connectivity index is 2.70. The molecule has 1 aromatic carbocycles. The Morgan fingerprint density at radius 3 is 2.93 bits per heavy atom. The van der Waals surface area contributed by atoms with Crippen molar-refractivity contribution >= 4 is 34.1 Å². The molecule has 0 bridgehead atoms. The van der Waals surface area contributed by atoms with Gasteiger partial charge in [-0.1, -0.05) is 12.1 Å². The van der Waals surface area contributed by atoms with E-state index in [0.29, 0.717) is 6.61 Å². The summed E-state index contributed by atoms with van der Waals surface area (Å²) in [6, 6.07) is 4.19. The molecule has 0 atom stereocenters. The van der Waals surface area contributed by atoms with E-state index in [1.807, 2.05) is 6.92 Å². The van der Waals surface area contributed by atoms with Crippen molar-refractivity contribution in [2.45, 2.75) is 18.7 Å². The van der Waals surface area contributed by atoms with E-state index in [1.165, 1.54) is 15.6 Å². The quantitative estimate of drug-likeness (QED) is 0.761. The van der Waals surface area contributed by atoms with Gasteiger partial charge >= 0.3 is 0 Å². The maximum atomic E-state index is 5.64. The molecule has 14 heavy (non-hydrogen) atoms. The summed E-state index contributed by atoms with van der Waals surface area (Å²) < 4.78 is 6.85. The van der Waals surface area contributed by atoms with Gasteiger partial charge in [-0.15, -0.1) is 24.0 Å². The van der Waals surface area contributed by atoms with Gasteiger partial charge in [0.25, 0.3) is 0 Å². The number of rotatable bonds is 2. The SMILES string of the molecule is CCOc1c(C)ccc2c(S)csc12. The first-order valence-corrected chi connectivity index (χ1v) is 5.89. The van der Waals surface area contributed by atoms with Crippen molar-refractivity contribution in [3.63, 3.8) is 0 Å². The standard InChI is InChI=1S/C11H12OS2/c1-3-12-10-7(2)4-5-8-9(13)6-14-11(8)10/h4-6,13H,3H2,1-2H3. The molecule has 0 saturated carbocycles. The van der Waals surface area contributed by atoms with Crippen LogP contribution in [0.4, 0.5) is 0 Å². The van der Waals surface area contributed by atoms with Crippen LogP contribution in [0, 0.1) is 6.92 Å². The average molecular weight is 224 g/mol. The van der Waals surface area contributed by atoms with E-state index in [0.717, 1.165) is 10.6 Å². The van der Waals surface area contributed by atoms with Gasteiger partial charge in [-0.3, -0.25) is 0 Å². The van der Waals surface area contributed by atoms with E-state index in [1.54, 1.807) is 11.3 Å². The summed E-state index contributed by atoms with van der Waals surface area (Å²) in [7, 11) is 0. The minimum atomic E-state index is 0.708. The molecule has 2 aromatic rings. The van der Waals surface area contributed by atoms with E-state index in [9.17, 15) is 0 Å². The van der Waals surface area contributed by atoms with E-state index < -0.39 is 0 Å². The molecule has 0 amide bonds. The normalized spacial score (nSPS) is 10.8. The summed E-state index contributed by atoms with van der Waals surface area (Å²) in [5.74, 6) is 1.01. The van der Waals surface area contributed by atoms with Crippen molar-refractivity contribution in [2.75, 3.05) is 6.61 Å². The summed E-state index contributed by atoms with van der Waals surface area (Å²) in [6.07, 6.45) is 0. The van der Waals surface area contributed by atoms with Crippen LogP contribution in [0.3, 0.4) is 0 Å². The van der Waals surface area contributed by atoms with Crippen LogP contribution in [0.5, 0.6) is 5.75 Å². The molecular formula is C11H12OS2. The highest BCUT2D eigenvalue weighted by Gasteiger charge is 2.09. The van der Waals surface area contributed by atoms with Gasteiger partial charge in [0.15, 0.2) is 0 Å². The molecule has 0 spiro atoms. The van der Waals surface area contributed by atoms with Gasteiger partial charge in [-0.2, -0.15) is 0 Å². The van der Waals surface area contributed by atoms with Crippen molar-refractivity contribution in [2.24, 2.45) is 0 Å². The Kier molecular flexibility index (Phi) is 2.70. The molecule has 0 saturated heterocycles. The molecule has 1 nitrogen and oxygen atoms in total. The number of fused-ring (bicyclic) bond motifs is 1. The second-order valence-corrected chi connectivity index (χ2v) is 4.50. The van der Waals surface area contributed by atoms with Gasteiger partial charge in [0, 0.05) is 15.7 Å². The van der Waals surface area contributed by atoms with Crippen LogP contribution in [-0.2, 0) is 0 Å². The summed E-state index contributed by atoms with van der Waals surface area (Å²) in [5.41, 5.74) is 1.19. The largest absolute Gasteiger partial charge is 0.492 e. The van der Waals surface area contributed by atoms with Crippen LogP contribution in [0.15, 0.2) is 22.4 Å². The van der Waals surface area contributed by atoms with Gasteiger partial charge < -0.3 is 4.74 Å². The van der Waals surface area contributed by atoms with Crippen LogP contribution in [0.25, 0.3) is 10.1 Å². The molecule has 0 aliphatic heterocycles. The Morgan fingerprint density at radius 2 is 2.21 bits per heavy atom. The third-order valence-corrected chi connectivity index (χ3v) is 3.70. The predicted octanol–water partition coefficient (Wildman–Crippen LogP) is 3.90. The van der Waals surface area contributed by atoms with Gasteiger partial charge in [0.2, 0.25) is 0 Å². The van der Waals surface area contributed by atoms with E-state index in [4.69, 9.17) is 4.74 Å². The average Bonchev–Trinajstić information content (AvgIpc) is 2.53. The summed E-state index contributed by atoms with van der Waals surface area (Å²) >= 11 is 6.10. The van der Waals surface area contributed by atoms with Gasteiger partial charge in [0.1, 0.15) is 5.75 Å². The van der Waals surface area contributed by atoms with Crippen LogP contribution < -0.4 is 4.74 Å². The van der Waals surface area contributed by atoms with E-state index in [-0.39, 0.29) is 0 Å². The zero-order chi connectivity index (χ0) is 10.1. The Morgan fingerprint density at radius 1 is 1.43 bits per heavy atom. The Bertz CT molecular complexity index is 460. The first-order chi connectivity index (χ1) is 6.74. The number of thiophene rings is 1. The molecule has 0 radical (unpaired) electrons. The van der Waals surface area contributed by atoms with Gasteiger partial charge in [-0.05, 0) is 19.4 Å². The van der Waals surface area contributed by atoms with Crippen molar-refractivity contribution in [1.82, 2.24) is 0 Å². The molecule has 2 rings (SSSR count). The lowest BCUT2D eigenvalue weighted by Gasteiger charge is -2.07. The van der Waals surface area contributed by atoms with Crippen molar-refractivity contribution in [3.8, 4) is 5.75 Å². The number of thiol groups is 1.